The van der Waals surface area contributed by atoms with Crippen molar-refractivity contribution in [1.29, 1.82) is 5.26 Å². The lowest BCUT2D eigenvalue weighted by Crippen LogP contribution is -1.96. The summed E-state index contributed by atoms with van der Waals surface area (Å²) >= 11 is 0. The third-order valence-corrected chi connectivity index (χ3v) is 2.98. The quantitative estimate of drug-likeness (QED) is 0.737. The molecule has 22 heavy (non-hydrogen) atoms. The van der Waals surface area contributed by atoms with Gasteiger partial charge in [0.05, 0.1) is 11.6 Å². The zero-order valence-corrected chi connectivity index (χ0v) is 11.9. The van der Waals surface area contributed by atoms with Crippen LogP contribution in [0.15, 0.2) is 54.9 Å². The first-order valence-electron chi connectivity index (χ1n) is 6.69. The smallest absolute Gasteiger partial charge is 0.223 e. The Labute approximate surface area is 127 Å². The Bertz CT molecular complexity index is 824. The van der Waals surface area contributed by atoms with Crippen LogP contribution in [-0.2, 0) is 0 Å². The molecule has 0 fully saturated rings. The van der Waals surface area contributed by atoms with E-state index in [1.54, 1.807) is 42.7 Å². The van der Waals surface area contributed by atoms with E-state index in [1.165, 1.54) is 0 Å². The molecule has 2 aromatic heterocycles. The Morgan fingerprint density at radius 2 is 1.73 bits per heavy atom. The van der Waals surface area contributed by atoms with Crippen molar-refractivity contribution in [3.63, 3.8) is 0 Å². The maximum absolute atomic E-state index is 8.80. The predicted molar refractivity (Wildman–Crippen MR) is 81.2 cm³/mol. The minimum atomic E-state index is 0.462. The maximum atomic E-state index is 8.80. The third-order valence-electron chi connectivity index (χ3n) is 2.98. The number of hydrogen-bond donors (Lipinski definition) is 0. The lowest BCUT2D eigenvalue weighted by atomic mass is 10.2. The molecule has 5 nitrogen and oxygen atoms in total. The van der Waals surface area contributed by atoms with Gasteiger partial charge in [-0.1, -0.05) is 0 Å². The Hall–Kier alpha value is -3.26. The van der Waals surface area contributed by atoms with E-state index < -0.39 is 0 Å². The van der Waals surface area contributed by atoms with Crippen molar-refractivity contribution in [2.75, 3.05) is 0 Å². The van der Waals surface area contributed by atoms with E-state index in [-0.39, 0.29) is 0 Å². The number of rotatable bonds is 3. The standard InChI is InChI=1S/C17H12N4O/c1-12-10-16(22-15-4-2-13(11-18)3-5-15)21-17(20-12)14-6-8-19-9-7-14/h2-10H,1H3. The summed E-state index contributed by atoms with van der Waals surface area (Å²) in [5.41, 5.74) is 2.28. The van der Waals surface area contributed by atoms with Gasteiger partial charge >= 0.3 is 0 Å². The van der Waals surface area contributed by atoms with Gasteiger partial charge in [0, 0.05) is 29.7 Å². The number of benzene rings is 1. The van der Waals surface area contributed by atoms with Gasteiger partial charge in [0.2, 0.25) is 5.88 Å². The number of ether oxygens (including phenoxy) is 1. The molecule has 0 unspecified atom stereocenters. The van der Waals surface area contributed by atoms with Crippen molar-refractivity contribution in [3.05, 3.63) is 66.1 Å². The molecule has 1 aromatic carbocycles. The zero-order chi connectivity index (χ0) is 15.4. The van der Waals surface area contributed by atoms with Crippen LogP contribution >= 0.6 is 0 Å². The first-order valence-corrected chi connectivity index (χ1v) is 6.69. The topological polar surface area (TPSA) is 71.7 Å². The summed E-state index contributed by atoms with van der Waals surface area (Å²) in [5, 5.41) is 8.80. The van der Waals surface area contributed by atoms with Gasteiger partial charge in [-0.05, 0) is 43.3 Å². The number of aryl methyl sites for hydroxylation is 1. The lowest BCUT2D eigenvalue weighted by molar-refractivity contribution is 0.461. The number of nitriles is 1. The molecule has 106 valence electrons. The SMILES string of the molecule is Cc1cc(Oc2ccc(C#N)cc2)nc(-c2ccncc2)n1. The molecule has 2 heterocycles. The molecule has 0 aliphatic rings. The Morgan fingerprint density at radius 1 is 1.00 bits per heavy atom. The van der Waals surface area contributed by atoms with Crippen LogP contribution in [0.2, 0.25) is 0 Å². The molecule has 0 saturated heterocycles. The van der Waals surface area contributed by atoms with Crippen LogP contribution < -0.4 is 4.74 Å². The normalized spacial score (nSPS) is 10.0. The fourth-order valence-corrected chi connectivity index (χ4v) is 1.94. The summed E-state index contributed by atoms with van der Waals surface area (Å²) in [6.45, 7) is 1.89. The highest BCUT2D eigenvalue weighted by atomic mass is 16.5. The van der Waals surface area contributed by atoms with E-state index in [0.717, 1.165) is 11.3 Å². The van der Waals surface area contributed by atoms with Crippen molar-refractivity contribution >= 4 is 0 Å². The lowest BCUT2D eigenvalue weighted by Gasteiger charge is -2.07. The van der Waals surface area contributed by atoms with Crippen LogP contribution in [-0.4, -0.2) is 15.0 Å². The van der Waals surface area contributed by atoms with Crippen LogP contribution in [0, 0.1) is 18.3 Å². The fraction of sp³-hybridized carbons (Fsp3) is 0.0588. The molecule has 0 aliphatic carbocycles. The van der Waals surface area contributed by atoms with Gasteiger partial charge in [0.25, 0.3) is 0 Å². The van der Waals surface area contributed by atoms with Gasteiger partial charge in [0.15, 0.2) is 5.82 Å². The van der Waals surface area contributed by atoms with Gasteiger partial charge in [-0.15, -0.1) is 0 Å². The molecule has 0 atom stereocenters. The number of aromatic nitrogens is 3. The second-order valence-electron chi connectivity index (χ2n) is 4.65. The number of pyridine rings is 1. The summed E-state index contributed by atoms with van der Waals surface area (Å²) in [7, 11) is 0. The highest BCUT2D eigenvalue weighted by Gasteiger charge is 2.07. The zero-order valence-electron chi connectivity index (χ0n) is 11.9. The second-order valence-corrected chi connectivity index (χ2v) is 4.65. The van der Waals surface area contributed by atoms with Crippen molar-refractivity contribution in [1.82, 2.24) is 15.0 Å². The van der Waals surface area contributed by atoms with E-state index in [9.17, 15) is 0 Å². The average Bonchev–Trinajstić information content (AvgIpc) is 2.56. The summed E-state index contributed by atoms with van der Waals surface area (Å²) in [6, 6.07) is 14.4. The molecule has 0 spiro atoms. The largest absolute Gasteiger partial charge is 0.439 e. The van der Waals surface area contributed by atoms with Crippen LogP contribution in [0.1, 0.15) is 11.3 Å². The first kappa shape index (κ1) is 13.7. The molecule has 0 amide bonds. The van der Waals surface area contributed by atoms with Crippen molar-refractivity contribution in [3.8, 4) is 29.1 Å². The summed E-state index contributed by atoms with van der Waals surface area (Å²) in [4.78, 5) is 12.8. The highest BCUT2D eigenvalue weighted by Crippen LogP contribution is 2.23. The van der Waals surface area contributed by atoms with Gasteiger partial charge in [0.1, 0.15) is 5.75 Å². The van der Waals surface area contributed by atoms with Gasteiger partial charge in [-0.3, -0.25) is 4.98 Å². The molecule has 5 heteroatoms. The summed E-state index contributed by atoms with van der Waals surface area (Å²) in [5.74, 6) is 1.67. The average molecular weight is 288 g/mol. The van der Waals surface area contributed by atoms with E-state index in [1.807, 2.05) is 19.1 Å². The van der Waals surface area contributed by atoms with Crippen LogP contribution in [0.4, 0.5) is 0 Å². The van der Waals surface area contributed by atoms with E-state index >= 15 is 0 Å². The Balaban J connectivity index is 1.91. The molecular formula is C17H12N4O. The predicted octanol–water partition coefficient (Wildman–Crippen LogP) is 3.51. The minimum absolute atomic E-state index is 0.462. The van der Waals surface area contributed by atoms with Gasteiger partial charge in [-0.2, -0.15) is 10.2 Å². The summed E-state index contributed by atoms with van der Waals surface area (Å²) < 4.78 is 5.74. The van der Waals surface area contributed by atoms with Crippen molar-refractivity contribution in [2.45, 2.75) is 6.92 Å². The Kier molecular flexibility index (Phi) is 3.75. The molecule has 0 N–H and O–H groups in total. The Morgan fingerprint density at radius 3 is 2.41 bits per heavy atom. The molecule has 3 aromatic rings. The number of hydrogen-bond acceptors (Lipinski definition) is 5. The van der Waals surface area contributed by atoms with Crippen LogP contribution in [0.3, 0.4) is 0 Å². The number of nitrogens with zero attached hydrogens (tertiary/aromatic N) is 4. The summed E-state index contributed by atoms with van der Waals surface area (Å²) in [6.07, 6.45) is 3.39. The van der Waals surface area contributed by atoms with E-state index in [2.05, 4.69) is 21.0 Å². The molecule has 0 bridgehead atoms. The van der Waals surface area contributed by atoms with Gasteiger partial charge in [-0.25, -0.2) is 4.98 Å². The molecule has 0 saturated carbocycles. The maximum Gasteiger partial charge on any atom is 0.223 e. The van der Waals surface area contributed by atoms with E-state index in [4.69, 9.17) is 10.00 Å². The minimum Gasteiger partial charge on any atom is -0.439 e. The molecular weight excluding hydrogens is 276 g/mol. The molecule has 0 radical (unpaired) electrons. The monoisotopic (exact) mass is 288 g/mol. The molecule has 0 aliphatic heterocycles. The van der Waals surface area contributed by atoms with Crippen molar-refractivity contribution in [2.24, 2.45) is 0 Å². The fourth-order valence-electron chi connectivity index (χ4n) is 1.94. The first-order chi connectivity index (χ1) is 10.7. The second kappa shape index (κ2) is 6.02. The van der Waals surface area contributed by atoms with Crippen LogP contribution in [0.25, 0.3) is 11.4 Å². The molecule has 3 rings (SSSR count). The van der Waals surface area contributed by atoms with Crippen molar-refractivity contribution < 1.29 is 4.74 Å². The highest BCUT2D eigenvalue weighted by molar-refractivity contribution is 5.54. The third kappa shape index (κ3) is 3.07. The van der Waals surface area contributed by atoms with E-state index in [0.29, 0.717) is 23.0 Å². The van der Waals surface area contributed by atoms with Crippen LogP contribution in [0.5, 0.6) is 11.6 Å². The van der Waals surface area contributed by atoms with Gasteiger partial charge < -0.3 is 4.74 Å².